The molecule has 92 valence electrons. The predicted octanol–water partition coefficient (Wildman–Crippen LogP) is 0.726. The second-order valence-electron chi connectivity index (χ2n) is 2.92. The van der Waals surface area contributed by atoms with Gasteiger partial charge in [-0.05, 0) is 18.2 Å². The highest BCUT2D eigenvalue weighted by atomic mass is 16.5. The lowest BCUT2D eigenvalue weighted by Crippen LogP contribution is -2.29. The van der Waals surface area contributed by atoms with Crippen LogP contribution in [0, 0.1) is 0 Å². The Bertz CT molecular complexity index is 420. The molecule has 0 unspecified atom stereocenters. The Morgan fingerprint density at radius 2 is 2.18 bits per heavy atom. The fourth-order valence-electron chi connectivity index (χ4n) is 1.13. The zero-order valence-corrected chi connectivity index (χ0v) is 9.43. The molecule has 3 N–H and O–H groups in total. The molecule has 0 spiro atoms. The van der Waals surface area contributed by atoms with Gasteiger partial charge in [-0.2, -0.15) is 5.10 Å². The van der Waals surface area contributed by atoms with Gasteiger partial charge < -0.3 is 9.47 Å². The standard InChI is InChI=1S/C10H13N3O4/c1-16-8-3-4-9(17-2)7(5-8)6-11-12-10(14)13-15/h3-6,15H,1-2H3,(H2,12,13,14)/b11-6+. The number of hydrogen-bond acceptors (Lipinski definition) is 5. The number of carbonyl (C=O) groups is 1. The maximum Gasteiger partial charge on any atom is 0.358 e. The molecule has 0 aliphatic heterocycles. The molecule has 0 radical (unpaired) electrons. The van der Waals surface area contributed by atoms with E-state index < -0.39 is 6.03 Å². The molecule has 0 atom stereocenters. The normalized spacial score (nSPS) is 10.1. The van der Waals surface area contributed by atoms with Crippen LogP contribution < -0.4 is 20.4 Å². The Labute approximate surface area is 98.0 Å². The van der Waals surface area contributed by atoms with Crippen molar-refractivity contribution in [2.75, 3.05) is 14.2 Å². The van der Waals surface area contributed by atoms with E-state index in [4.69, 9.17) is 14.7 Å². The maximum atomic E-state index is 10.6. The lowest BCUT2D eigenvalue weighted by molar-refractivity contribution is 0.162. The third-order valence-electron chi connectivity index (χ3n) is 1.91. The third kappa shape index (κ3) is 3.65. The predicted molar refractivity (Wildman–Crippen MR) is 60.6 cm³/mol. The van der Waals surface area contributed by atoms with Gasteiger partial charge in [0.2, 0.25) is 0 Å². The smallest absolute Gasteiger partial charge is 0.358 e. The van der Waals surface area contributed by atoms with Crippen molar-refractivity contribution in [3.05, 3.63) is 23.8 Å². The van der Waals surface area contributed by atoms with Gasteiger partial charge in [-0.25, -0.2) is 15.7 Å². The highest BCUT2D eigenvalue weighted by molar-refractivity contribution is 5.85. The zero-order chi connectivity index (χ0) is 12.7. The minimum absolute atomic E-state index is 0.584. The summed E-state index contributed by atoms with van der Waals surface area (Å²) < 4.78 is 10.2. The van der Waals surface area contributed by atoms with Crippen molar-refractivity contribution >= 4 is 12.2 Å². The fraction of sp³-hybridized carbons (Fsp3) is 0.200. The minimum Gasteiger partial charge on any atom is -0.497 e. The highest BCUT2D eigenvalue weighted by Crippen LogP contribution is 2.22. The van der Waals surface area contributed by atoms with E-state index in [9.17, 15) is 4.79 Å². The Balaban J connectivity index is 2.83. The van der Waals surface area contributed by atoms with Gasteiger partial charge in [-0.1, -0.05) is 0 Å². The van der Waals surface area contributed by atoms with Crippen molar-refractivity contribution in [2.24, 2.45) is 5.10 Å². The number of hydroxylamine groups is 1. The molecule has 2 amide bonds. The fourth-order valence-corrected chi connectivity index (χ4v) is 1.13. The molecule has 0 aromatic heterocycles. The first-order chi connectivity index (χ1) is 8.21. The Morgan fingerprint density at radius 1 is 1.41 bits per heavy atom. The summed E-state index contributed by atoms with van der Waals surface area (Å²) in [7, 11) is 3.06. The van der Waals surface area contributed by atoms with Gasteiger partial charge >= 0.3 is 6.03 Å². The highest BCUT2D eigenvalue weighted by Gasteiger charge is 2.02. The average Bonchev–Trinajstić information content (AvgIpc) is 2.38. The number of carbonyl (C=O) groups excluding carboxylic acids is 1. The van der Waals surface area contributed by atoms with Crippen LogP contribution in [0.1, 0.15) is 5.56 Å². The van der Waals surface area contributed by atoms with Crippen molar-refractivity contribution in [3.8, 4) is 11.5 Å². The number of amides is 2. The Hall–Kier alpha value is -2.28. The van der Waals surface area contributed by atoms with Gasteiger partial charge in [0, 0.05) is 5.56 Å². The van der Waals surface area contributed by atoms with Crippen LogP contribution in [0.15, 0.2) is 23.3 Å². The molecule has 1 rings (SSSR count). The van der Waals surface area contributed by atoms with Crippen LogP contribution in [-0.2, 0) is 0 Å². The molecular weight excluding hydrogens is 226 g/mol. The van der Waals surface area contributed by atoms with Gasteiger partial charge in [0.25, 0.3) is 0 Å². The molecule has 7 nitrogen and oxygen atoms in total. The van der Waals surface area contributed by atoms with Gasteiger partial charge in [0.05, 0.1) is 20.4 Å². The molecule has 7 heteroatoms. The summed E-state index contributed by atoms with van der Waals surface area (Å²) in [5, 5.41) is 11.8. The SMILES string of the molecule is COc1ccc(OC)c(/C=N/NC(=O)NO)c1. The largest absolute Gasteiger partial charge is 0.497 e. The molecule has 0 fully saturated rings. The number of ether oxygens (including phenoxy) is 2. The van der Waals surface area contributed by atoms with Gasteiger partial charge in [0.15, 0.2) is 0 Å². The van der Waals surface area contributed by atoms with E-state index in [1.54, 1.807) is 25.3 Å². The lowest BCUT2D eigenvalue weighted by atomic mass is 10.2. The van der Waals surface area contributed by atoms with Crippen molar-refractivity contribution in [1.82, 2.24) is 10.9 Å². The van der Waals surface area contributed by atoms with Crippen LogP contribution in [0.2, 0.25) is 0 Å². The summed E-state index contributed by atoms with van der Waals surface area (Å²) in [6, 6.07) is 4.32. The molecule has 1 aromatic rings. The number of hydrazone groups is 1. The quantitative estimate of drug-likeness (QED) is 0.410. The molecule has 0 bridgehead atoms. The second kappa shape index (κ2) is 6.33. The molecule has 0 heterocycles. The molecule has 0 saturated carbocycles. The molecular formula is C10H13N3O4. The van der Waals surface area contributed by atoms with Gasteiger partial charge in [-0.15, -0.1) is 0 Å². The topological polar surface area (TPSA) is 92.2 Å². The number of nitrogens with zero attached hydrogens (tertiary/aromatic N) is 1. The third-order valence-corrected chi connectivity index (χ3v) is 1.91. The van der Waals surface area contributed by atoms with E-state index in [2.05, 4.69) is 5.10 Å². The number of urea groups is 1. The van der Waals surface area contributed by atoms with Gasteiger partial charge in [-0.3, -0.25) is 5.21 Å². The zero-order valence-electron chi connectivity index (χ0n) is 9.43. The monoisotopic (exact) mass is 239 g/mol. The van der Waals surface area contributed by atoms with Crippen LogP contribution in [0.3, 0.4) is 0 Å². The first kappa shape index (κ1) is 12.8. The van der Waals surface area contributed by atoms with Crippen molar-refractivity contribution in [2.45, 2.75) is 0 Å². The molecule has 0 aliphatic carbocycles. The second-order valence-corrected chi connectivity index (χ2v) is 2.92. The number of hydrogen-bond donors (Lipinski definition) is 3. The van der Waals surface area contributed by atoms with Crippen LogP contribution in [0.4, 0.5) is 4.79 Å². The van der Waals surface area contributed by atoms with Crippen molar-refractivity contribution < 1.29 is 19.5 Å². The van der Waals surface area contributed by atoms with E-state index in [0.29, 0.717) is 17.1 Å². The number of methoxy groups -OCH3 is 2. The van der Waals surface area contributed by atoms with Crippen LogP contribution in [0.5, 0.6) is 11.5 Å². The van der Waals surface area contributed by atoms with Crippen LogP contribution in [-0.4, -0.2) is 31.7 Å². The maximum absolute atomic E-state index is 10.6. The summed E-state index contributed by atoms with van der Waals surface area (Å²) in [6.07, 6.45) is 1.37. The number of nitrogens with one attached hydrogen (secondary N) is 2. The summed E-state index contributed by atoms with van der Waals surface area (Å²) in [5.74, 6) is 1.22. The molecule has 1 aromatic carbocycles. The lowest BCUT2D eigenvalue weighted by Gasteiger charge is -2.06. The number of benzene rings is 1. The van der Waals surface area contributed by atoms with Crippen LogP contribution in [0.25, 0.3) is 0 Å². The average molecular weight is 239 g/mol. The van der Waals surface area contributed by atoms with E-state index >= 15 is 0 Å². The molecule has 0 saturated heterocycles. The van der Waals surface area contributed by atoms with Crippen molar-refractivity contribution in [1.29, 1.82) is 0 Å². The summed E-state index contributed by atoms with van der Waals surface area (Å²) in [5.41, 5.74) is 4.05. The summed E-state index contributed by atoms with van der Waals surface area (Å²) in [6.45, 7) is 0. The summed E-state index contributed by atoms with van der Waals surface area (Å²) in [4.78, 5) is 10.6. The Morgan fingerprint density at radius 3 is 2.76 bits per heavy atom. The molecule has 0 aliphatic rings. The van der Waals surface area contributed by atoms with E-state index in [0.717, 1.165) is 0 Å². The van der Waals surface area contributed by atoms with E-state index in [1.165, 1.54) is 18.8 Å². The van der Waals surface area contributed by atoms with E-state index in [-0.39, 0.29) is 0 Å². The first-order valence-corrected chi connectivity index (χ1v) is 4.66. The summed E-state index contributed by atoms with van der Waals surface area (Å²) >= 11 is 0. The van der Waals surface area contributed by atoms with Crippen molar-refractivity contribution in [3.63, 3.8) is 0 Å². The molecule has 17 heavy (non-hydrogen) atoms. The van der Waals surface area contributed by atoms with Gasteiger partial charge in [0.1, 0.15) is 11.5 Å². The van der Waals surface area contributed by atoms with Crippen LogP contribution >= 0.6 is 0 Å². The van der Waals surface area contributed by atoms with E-state index in [1.807, 2.05) is 5.43 Å². The Kier molecular flexibility index (Phi) is 4.77. The number of rotatable bonds is 4. The first-order valence-electron chi connectivity index (χ1n) is 4.66. The minimum atomic E-state index is -0.830.